The van der Waals surface area contributed by atoms with Gasteiger partial charge in [-0.1, -0.05) is 0 Å². The molecule has 2 rings (SSSR count). The van der Waals surface area contributed by atoms with Gasteiger partial charge in [-0.3, -0.25) is 4.90 Å². The quantitative estimate of drug-likeness (QED) is 0.676. The molecule has 0 spiro atoms. The summed E-state index contributed by atoms with van der Waals surface area (Å²) in [6.07, 6.45) is 0.602. The van der Waals surface area contributed by atoms with E-state index in [2.05, 4.69) is 5.32 Å². The summed E-state index contributed by atoms with van der Waals surface area (Å²) < 4.78 is 13.0. The number of halogens is 1. The summed E-state index contributed by atoms with van der Waals surface area (Å²) in [5.41, 5.74) is 0. The standard InChI is InChI=1S/C10H19FN2O/c1-12-8-2-7(3-8)4-13-5-9(11)10(14)6-13/h7-10,12,14H,2-6H2,1H3/t7?,8?,9-,10+/m0/s1. The van der Waals surface area contributed by atoms with Gasteiger partial charge in [-0.2, -0.15) is 0 Å². The topological polar surface area (TPSA) is 35.5 Å². The van der Waals surface area contributed by atoms with Crippen LogP contribution in [0.15, 0.2) is 0 Å². The summed E-state index contributed by atoms with van der Waals surface area (Å²) >= 11 is 0. The lowest BCUT2D eigenvalue weighted by atomic mass is 9.80. The first-order valence-electron chi connectivity index (χ1n) is 5.40. The monoisotopic (exact) mass is 202 g/mol. The molecule has 0 amide bonds. The molecule has 0 aromatic heterocycles. The molecule has 0 aromatic carbocycles. The van der Waals surface area contributed by atoms with Gasteiger partial charge in [0, 0.05) is 25.7 Å². The van der Waals surface area contributed by atoms with Crippen molar-refractivity contribution in [3.63, 3.8) is 0 Å². The number of hydrogen-bond acceptors (Lipinski definition) is 3. The maximum Gasteiger partial charge on any atom is 0.140 e. The van der Waals surface area contributed by atoms with E-state index in [1.165, 1.54) is 12.8 Å². The fourth-order valence-electron chi connectivity index (χ4n) is 2.46. The minimum atomic E-state index is -1.03. The molecule has 4 heteroatoms. The summed E-state index contributed by atoms with van der Waals surface area (Å²) in [5, 5.41) is 12.5. The molecule has 1 aliphatic heterocycles. The number of likely N-dealkylation sites (tertiary alicyclic amines) is 1. The lowest BCUT2D eigenvalue weighted by molar-refractivity contribution is 0.113. The molecule has 1 heterocycles. The molecule has 14 heavy (non-hydrogen) atoms. The van der Waals surface area contributed by atoms with E-state index in [0.717, 1.165) is 6.54 Å². The highest BCUT2D eigenvalue weighted by Crippen LogP contribution is 2.29. The molecular weight excluding hydrogens is 183 g/mol. The highest BCUT2D eigenvalue weighted by atomic mass is 19.1. The van der Waals surface area contributed by atoms with Crippen molar-refractivity contribution >= 4 is 0 Å². The number of aliphatic hydroxyl groups excluding tert-OH is 1. The number of hydrogen-bond donors (Lipinski definition) is 2. The first kappa shape index (κ1) is 10.3. The molecular formula is C10H19FN2O. The average molecular weight is 202 g/mol. The Balaban J connectivity index is 1.68. The number of β-amino-alcohol motifs (C(OH)–C–C–N with tert-alkyl or cyclic N) is 1. The van der Waals surface area contributed by atoms with Crippen LogP contribution in [0.4, 0.5) is 4.39 Å². The Kier molecular flexibility index (Phi) is 3.04. The number of nitrogens with one attached hydrogen (secondary N) is 1. The Bertz CT molecular complexity index is 187. The molecule has 1 aliphatic carbocycles. The fourth-order valence-corrected chi connectivity index (χ4v) is 2.46. The SMILES string of the molecule is CNC1CC(CN2C[C@@H](O)[C@@H](F)C2)C1. The number of alkyl halides is 1. The molecule has 0 bridgehead atoms. The van der Waals surface area contributed by atoms with E-state index in [4.69, 9.17) is 0 Å². The van der Waals surface area contributed by atoms with Crippen LogP contribution in [0.3, 0.4) is 0 Å². The molecule has 1 saturated heterocycles. The van der Waals surface area contributed by atoms with Crippen LogP contribution in [0.5, 0.6) is 0 Å². The second-order valence-corrected chi connectivity index (χ2v) is 4.62. The maximum absolute atomic E-state index is 13.0. The fraction of sp³-hybridized carbons (Fsp3) is 1.00. The van der Waals surface area contributed by atoms with Crippen molar-refractivity contribution in [3.05, 3.63) is 0 Å². The van der Waals surface area contributed by atoms with Gasteiger partial charge in [0.1, 0.15) is 6.17 Å². The van der Waals surface area contributed by atoms with Crippen molar-refractivity contribution in [2.45, 2.75) is 31.2 Å². The van der Waals surface area contributed by atoms with Gasteiger partial charge < -0.3 is 10.4 Å². The van der Waals surface area contributed by atoms with Crippen LogP contribution in [0.25, 0.3) is 0 Å². The second-order valence-electron chi connectivity index (χ2n) is 4.62. The predicted octanol–water partition coefficient (Wildman–Crippen LogP) is -0.00100. The van der Waals surface area contributed by atoms with Crippen molar-refractivity contribution in [3.8, 4) is 0 Å². The van der Waals surface area contributed by atoms with Crippen LogP contribution in [0.1, 0.15) is 12.8 Å². The van der Waals surface area contributed by atoms with Gasteiger partial charge >= 0.3 is 0 Å². The third-order valence-corrected chi connectivity index (χ3v) is 3.46. The van der Waals surface area contributed by atoms with Crippen LogP contribution >= 0.6 is 0 Å². The van der Waals surface area contributed by atoms with Crippen molar-refractivity contribution in [1.82, 2.24) is 10.2 Å². The van der Waals surface area contributed by atoms with Crippen LogP contribution in [0, 0.1) is 5.92 Å². The molecule has 0 radical (unpaired) electrons. The van der Waals surface area contributed by atoms with E-state index in [1.54, 1.807) is 0 Å². The van der Waals surface area contributed by atoms with E-state index < -0.39 is 12.3 Å². The van der Waals surface area contributed by atoms with Gasteiger partial charge in [0.2, 0.25) is 0 Å². The molecule has 3 nitrogen and oxygen atoms in total. The number of aliphatic hydroxyl groups is 1. The van der Waals surface area contributed by atoms with Gasteiger partial charge in [0.25, 0.3) is 0 Å². The van der Waals surface area contributed by atoms with Crippen LogP contribution in [-0.2, 0) is 0 Å². The van der Waals surface area contributed by atoms with Crippen LogP contribution in [-0.4, -0.2) is 55.0 Å². The van der Waals surface area contributed by atoms with E-state index in [0.29, 0.717) is 25.0 Å². The van der Waals surface area contributed by atoms with E-state index >= 15 is 0 Å². The van der Waals surface area contributed by atoms with Gasteiger partial charge in [0.15, 0.2) is 0 Å². The Morgan fingerprint density at radius 1 is 1.43 bits per heavy atom. The highest BCUT2D eigenvalue weighted by Gasteiger charge is 2.35. The van der Waals surface area contributed by atoms with Gasteiger partial charge in [-0.25, -0.2) is 4.39 Å². The van der Waals surface area contributed by atoms with E-state index in [1.807, 2.05) is 11.9 Å². The zero-order chi connectivity index (χ0) is 10.1. The first-order valence-corrected chi connectivity index (χ1v) is 5.40. The molecule has 2 N–H and O–H groups in total. The Morgan fingerprint density at radius 3 is 2.64 bits per heavy atom. The van der Waals surface area contributed by atoms with Crippen molar-refractivity contribution < 1.29 is 9.50 Å². The molecule has 82 valence electrons. The molecule has 2 fully saturated rings. The largest absolute Gasteiger partial charge is 0.389 e. The third-order valence-electron chi connectivity index (χ3n) is 3.46. The molecule has 0 unspecified atom stereocenters. The van der Waals surface area contributed by atoms with E-state index in [-0.39, 0.29) is 0 Å². The number of rotatable bonds is 3. The molecule has 0 aromatic rings. The zero-order valence-corrected chi connectivity index (χ0v) is 8.62. The Hall–Kier alpha value is -0.190. The van der Waals surface area contributed by atoms with Crippen LogP contribution in [0.2, 0.25) is 0 Å². The summed E-state index contributed by atoms with van der Waals surface area (Å²) in [4.78, 5) is 2.05. The lowest BCUT2D eigenvalue weighted by Gasteiger charge is -2.37. The first-order chi connectivity index (χ1) is 6.69. The number of nitrogens with zero attached hydrogens (tertiary/aromatic N) is 1. The average Bonchev–Trinajstić information content (AvgIpc) is 2.38. The van der Waals surface area contributed by atoms with Gasteiger partial charge in [-0.15, -0.1) is 0 Å². The zero-order valence-electron chi connectivity index (χ0n) is 8.62. The smallest absolute Gasteiger partial charge is 0.140 e. The summed E-state index contributed by atoms with van der Waals surface area (Å²) in [5.74, 6) is 0.699. The second kappa shape index (κ2) is 4.13. The molecule has 1 saturated carbocycles. The Morgan fingerprint density at radius 2 is 2.14 bits per heavy atom. The minimum Gasteiger partial charge on any atom is -0.389 e. The molecule has 2 atom stereocenters. The normalized spacial score (nSPS) is 43.9. The lowest BCUT2D eigenvalue weighted by Crippen LogP contribution is -2.44. The van der Waals surface area contributed by atoms with E-state index in [9.17, 15) is 9.50 Å². The third kappa shape index (κ3) is 2.07. The van der Waals surface area contributed by atoms with Gasteiger partial charge in [-0.05, 0) is 25.8 Å². The van der Waals surface area contributed by atoms with Gasteiger partial charge in [0.05, 0.1) is 6.10 Å². The summed E-state index contributed by atoms with van der Waals surface area (Å²) in [6, 6.07) is 0.661. The highest BCUT2D eigenvalue weighted by molar-refractivity contribution is 4.90. The predicted molar refractivity (Wildman–Crippen MR) is 52.9 cm³/mol. The van der Waals surface area contributed by atoms with Crippen LogP contribution < -0.4 is 5.32 Å². The molecule has 2 aliphatic rings. The van der Waals surface area contributed by atoms with Crippen molar-refractivity contribution in [2.24, 2.45) is 5.92 Å². The van der Waals surface area contributed by atoms with Crippen molar-refractivity contribution in [1.29, 1.82) is 0 Å². The van der Waals surface area contributed by atoms with Crippen molar-refractivity contribution in [2.75, 3.05) is 26.7 Å². The summed E-state index contributed by atoms with van der Waals surface area (Å²) in [7, 11) is 1.98. The Labute approximate surface area is 84.3 Å². The summed E-state index contributed by atoms with van der Waals surface area (Å²) in [6.45, 7) is 1.89. The maximum atomic E-state index is 13.0. The minimum absolute atomic E-state index is 0.419.